The molecule has 0 heterocycles. The van der Waals surface area contributed by atoms with Gasteiger partial charge in [0.1, 0.15) is 0 Å². The molecule has 0 aliphatic heterocycles. The predicted molar refractivity (Wildman–Crippen MR) is 141 cm³/mol. The summed E-state index contributed by atoms with van der Waals surface area (Å²) in [4.78, 5) is 0. The number of ether oxygens (including phenoxy) is 2. The van der Waals surface area contributed by atoms with Crippen LogP contribution in [0.1, 0.15) is 91.9 Å². The molecule has 0 aromatic rings. The third-order valence-electron chi connectivity index (χ3n) is 11.3. The molecule has 0 unspecified atom stereocenters. The lowest BCUT2D eigenvalue weighted by Crippen LogP contribution is -2.62. The van der Waals surface area contributed by atoms with Gasteiger partial charge in [-0.1, -0.05) is 59.1 Å². The first-order valence-electron chi connectivity index (χ1n) is 14.4. The highest BCUT2D eigenvalue weighted by Crippen LogP contribution is 2.69. The van der Waals surface area contributed by atoms with Crippen molar-refractivity contribution in [2.45, 2.75) is 110 Å². The lowest BCUT2D eigenvalue weighted by atomic mass is 9.43. The van der Waals surface area contributed by atoms with Gasteiger partial charge in [-0.15, -0.1) is 13.2 Å². The highest BCUT2D eigenvalue weighted by molar-refractivity contribution is 5.15. The monoisotopic (exact) mass is 472 g/mol. The van der Waals surface area contributed by atoms with E-state index in [-0.39, 0.29) is 23.0 Å². The highest BCUT2D eigenvalue weighted by atomic mass is 16.5. The van der Waals surface area contributed by atoms with Gasteiger partial charge >= 0.3 is 0 Å². The van der Waals surface area contributed by atoms with Crippen LogP contribution in [0.15, 0.2) is 25.3 Å². The first-order valence-corrected chi connectivity index (χ1v) is 14.4. The fourth-order valence-electron chi connectivity index (χ4n) is 9.60. The maximum atomic E-state index is 11.7. The van der Waals surface area contributed by atoms with Crippen molar-refractivity contribution in [1.29, 1.82) is 0 Å². The number of unbranched alkanes of at least 4 members (excludes halogenated alkanes) is 1. The molecule has 3 heteroatoms. The van der Waals surface area contributed by atoms with E-state index in [2.05, 4.69) is 40.9 Å². The van der Waals surface area contributed by atoms with Crippen molar-refractivity contribution in [1.82, 2.24) is 0 Å². The Bertz CT molecular complexity index is 705. The van der Waals surface area contributed by atoms with Crippen LogP contribution in [0, 0.1) is 46.3 Å². The van der Waals surface area contributed by atoms with E-state index in [9.17, 15) is 5.11 Å². The average Bonchev–Trinajstić information content (AvgIpc) is 3.18. The second-order valence-corrected chi connectivity index (χ2v) is 12.8. The van der Waals surface area contributed by atoms with Gasteiger partial charge in [-0.05, 0) is 85.9 Å². The van der Waals surface area contributed by atoms with Crippen molar-refractivity contribution < 1.29 is 14.6 Å². The van der Waals surface area contributed by atoms with E-state index in [1.807, 2.05) is 12.2 Å². The van der Waals surface area contributed by atoms with Gasteiger partial charge in [-0.2, -0.15) is 0 Å². The summed E-state index contributed by atoms with van der Waals surface area (Å²) in [5.74, 6) is 3.49. The standard InChI is InChI=1S/C31H52O3/c1-7-10-11-21(4)24-12-13-25-29-26(20-28(31(24,25)6)34-17-9-3)30(5)15-14-23(33-16-8-2)18-22(30)19-27(29)32/h8-9,21-29,32H,2-3,7,10-20H2,1,4-6H3/t21-,22+,23+,24-,25+,26+,27-,28+,29+,30+,31-/m1/s1. The molecule has 3 nitrogen and oxygen atoms in total. The second-order valence-electron chi connectivity index (χ2n) is 12.8. The Morgan fingerprint density at radius 2 is 1.74 bits per heavy atom. The van der Waals surface area contributed by atoms with Gasteiger partial charge in [-0.3, -0.25) is 0 Å². The summed E-state index contributed by atoms with van der Waals surface area (Å²) in [5, 5.41) is 11.7. The van der Waals surface area contributed by atoms with E-state index in [1.165, 1.54) is 38.5 Å². The summed E-state index contributed by atoms with van der Waals surface area (Å²) in [7, 11) is 0. The van der Waals surface area contributed by atoms with Crippen LogP contribution in [0.5, 0.6) is 0 Å². The van der Waals surface area contributed by atoms with Gasteiger partial charge in [0.2, 0.25) is 0 Å². The minimum Gasteiger partial charge on any atom is -0.393 e. The molecule has 0 aromatic heterocycles. The summed E-state index contributed by atoms with van der Waals surface area (Å²) in [6, 6.07) is 0. The summed E-state index contributed by atoms with van der Waals surface area (Å²) >= 11 is 0. The van der Waals surface area contributed by atoms with E-state index >= 15 is 0 Å². The Labute approximate surface area is 209 Å². The minimum atomic E-state index is -0.185. The molecule has 4 fully saturated rings. The maximum Gasteiger partial charge on any atom is 0.0648 e. The molecule has 0 aromatic carbocycles. The third-order valence-corrected chi connectivity index (χ3v) is 11.3. The number of fused-ring (bicyclic) bond motifs is 5. The number of hydrogen-bond acceptors (Lipinski definition) is 3. The number of hydrogen-bond donors (Lipinski definition) is 1. The molecule has 0 spiro atoms. The zero-order valence-corrected chi connectivity index (χ0v) is 22.5. The van der Waals surface area contributed by atoms with Crippen LogP contribution in [0.3, 0.4) is 0 Å². The van der Waals surface area contributed by atoms with E-state index in [0.717, 1.165) is 31.6 Å². The van der Waals surface area contributed by atoms with Gasteiger partial charge in [0.25, 0.3) is 0 Å². The Morgan fingerprint density at radius 1 is 1.00 bits per heavy atom. The molecule has 4 saturated carbocycles. The Kier molecular flexibility index (Phi) is 8.37. The second kappa shape index (κ2) is 10.8. The molecular formula is C31H52O3. The van der Waals surface area contributed by atoms with Crippen molar-refractivity contribution in [2.75, 3.05) is 13.2 Å². The lowest BCUT2D eigenvalue weighted by molar-refractivity contribution is -0.217. The molecule has 0 bridgehead atoms. The van der Waals surface area contributed by atoms with E-state index in [1.54, 1.807) is 0 Å². The first kappa shape index (κ1) is 26.4. The number of aliphatic hydroxyl groups is 1. The highest BCUT2D eigenvalue weighted by Gasteiger charge is 2.66. The van der Waals surface area contributed by atoms with E-state index in [0.29, 0.717) is 48.9 Å². The average molecular weight is 473 g/mol. The van der Waals surface area contributed by atoms with E-state index < -0.39 is 0 Å². The van der Waals surface area contributed by atoms with Gasteiger partial charge < -0.3 is 14.6 Å². The molecule has 0 amide bonds. The third kappa shape index (κ3) is 4.48. The molecule has 0 saturated heterocycles. The molecule has 34 heavy (non-hydrogen) atoms. The maximum absolute atomic E-state index is 11.7. The summed E-state index contributed by atoms with van der Waals surface area (Å²) in [6.45, 7) is 19.0. The SMILES string of the molecule is C=CCO[C@H]1CC[C@@]2(C)[C@@H](C1)C[C@@H](O)[C@@H]1[C@@H]2C[C@H](OCC=C)[C@]2(C)[C@@H]([C@H](C)CCCC)CC[C@@H]12. The van der Waals surface area contributed by atoms with Crippen LogP contribution < -0.4 is 0 Å². The van der Waals surface area contributed by atoms with E-state index in [4.69, 9.17) is 9.47 Å². The summed E-state index contributed by atoms with van der Waals surface area (Å²) in [5.41, 5.74) is 0.437. The first-order chi connectivity index (χ1) is 16.3. The van der Waals surface area contributed by atoms with Gasteiger partial charge in [0.05, 0.1) is 31.5 Å². The topological polar surface area (TPSA) is 38.7 Å². The molecule has 4 aliphatic rings. The molecular weight excluding hydrogens is 420 g/mol. The van der Waals surface area contributed by atoms with Crippen molar-refractivity contribution in [2.24, 2.45) is 46.3 Å². The molecule has 1 N–H and O–H groups in total. The normalized spacial score (nSPS) is 46.7. The van der Waals surface area contributed by atoms with Crippen molar-refractivity contribution in [3.63, 3.8) is 0 Å². The van der Waals surface area contributed by atoms with Gasteiger partial charge in [0, 0.05) is 5.41 Å². The lowest BCUT2D eigenvalue weighted by Gasteiger charge is -2.64. The fraction of sp³-hybridized carbons (Fsp3) is 0.871. The molecule has 11 atom stereocenters. The van der Waals surface area contributed by atoms with Crippen LogP contribution in [0.4, 0.5) is 0 Å². The summed E-state index contributed by atoms with van der Waals surface area (Å²) < 4.78 is 12.8. The Balaban J connectivity index is 1.62. The summed E-state index contributed by atoms with van der Waals surface area (Å²) in [6.07, 6.45) is 16.1. The quantitative estimate of drug-likeness (QED) is 0.342. The van der Waals surface area contributed by atoms with Gasteiger partial charge in [-0.25, -0.2) is 0 Å². The zero-order valence-electron chi connectivity index (χ0n) is 22.5. The molecule has 194 valence electrons. The smallest absolute Gasteiger partial charge is 0.0648 e. The van der Waals surface area contributed by atoms with Crippen LogP contribution >= 0.6 is 0 Å². The minimum absolute atomic E-state index is 0.159. The van der Waals surface area contributed by atoms with Crippen molar-refractivity contribution >= 4 is 0 Å². The van der Waals surface area contributed by atoms with Crippen molar-refractivity contribution in [3.05, 3.63) is 25.3 Å². The zero-order chi connectivity index (χ0) is 24.5. The molecule has 0 radical (unpaired) electrons. The largest absolute Gasteiger partial charge is 0.393 e. The predicted octanol–water partition coefficient (Wildman–Crippen LogP) is 7.19. The van der Waals surface area contributed by atoms with Crippen LogP contribution in [0.2, 0.25) is 0 Å². The Morgan fingerprint density at radius 3 is 2.44 bits per heavy atom. The fourth-order valence-corrected chi connectivity index (χ4v) is 9.60. The number of aliphatic hydroxyl groups excluding tert-OH is 1. The van der Waals surface area contributed by atoms with Crippen LogP contribution in [0.25, 0.3) is 0 Å². The van der Waals surface area contributed by atoms with Crippen LogP contribution in [-0.4, -0.2) is 36.6 Å². The van der Waals surface area contributed by atoms with Crippen LogP contribution in [-0.2, 0) is 9.47 Å². The molecule has 4 rings (SSSR count). The Hall–Kier alpha value is -0.640. The van der Waals surface area contributed by atoms with Crippen molar-refractivity contribution in [3.8, 4) is 0 Å². The molecule has 4 aliphatic carbocycles. The number of rotatable bonds is 10. The van der Waals surface area contributed by atoms with Gasteiger partial charge in [0.15, 0.2) is 0 Å².